The molecule has 2 aliphatic carbocycles. The number of rotatable bonds is 7. The molecule has 15 rings (SSSR count). The second-order valence-electron chi connectivity index (χ2n) is 24.8. The van der Waals surface area contributed by atoms with Crippen molar-refractivity contribution < 1.29 is 79.2 Å². The number of benzene rings is 5. The maximum Gasteiger partial charge on any atom is 0.586 e. The number of halogens is 7. The highest BCUT2D eigenvalue weighted by molar-refractivity contribution is 5.96. The van der Waals surface area contributed by atoms with Gasteiger partial charge in [-0.25, -0.2) is 8.78 Å². The van der Waals surface area contributed by atoms with Crippen molar-refractivity contribution in [2.24, 2.45) is 0 Å². The van der Waals surface area contributed by atoms with Crippen LogP contribution in [0.2, 0.25) is 0 Å². The molecule has 0 spiro atoms. The lowest BCUT2D eigenvalue weighted by molar-refractivity contribution is -0.387. The van der Waals surface area contributed by atoms with Crippen molar-refractivity contribution in [3.8, 4) is 23.0 Å². The fourth-order valence-corrected chi connectivity index (χ4v) is 12.6. The SMILES string of the molecule is CC1(C)CCn2c1cc1cc(CC(=O)C3(c4ccc5c(c4)OC(F)(F)O5)CC3)c(F)cc12.CC1(C)CCn2c1cc1cc(N)c(F)cc12.CC1(C)CCn2c1cc1cc([N+](=O)[O-])c(F)cc12.O=C(O)C1(c2ccc3c(c2)OC(F)(F)O3)CC1.O=C[O-].[NH4+]. The fourth-order valence-electron chi connectivity index (χ4n) is 12.6. The minimum absolute atomic E-state index is 0. The van der Waals surface area contributed by atoms with Gasteiger partial charge in [-0.05, 0) is 122 Å². The van der Waals surface area contributed by atoms with Crippen LogP contribution in [-0.4, -0.2) is 54.5 Å². The van der Waals surface area contributed by atoms with Crippen molar-refractivity contribution in [2.75, 3.05) is 5.73 Å². The van der Waals surface area contributed by atoms with Gasteiger partial charge in [-0.3, -0.25) is 19.7 Å². The lowest BCUT2D eigenvalue weighted by Gasteiger charge is -2.16. The van der Waals surface area contributed by atoms with Gasteiger partial charge in [0, 0.05) is 100 Å². The van der Waals surface area contributed by atoms with Crippen molar-refractivity contribution in [2.45, 2.75) is 152 Å². The van der Waals surface area contributed by atoms with Gasteiger partial charge in [-0.2, -0.15) is 4.39 Å². The Hall–Kier alpha value is -8.80. The molecule has 7 N–H and O–H groups in total. The number of hydrogen-bond donors (Lipinski definition) is 3. The molecule has 5 aromatic carbocycles. The Morgan fingerprint density at radius 2 is 0.954 bits per heavy atom. The number of carbonyl (C=O) groups is 3. The third-order valence-electron chi connectivity index (χ3n) is 17.9. The fraction of sp³-hybridized carbons (Fsp3) is 0.381. The molecule has 8 aromatic rings. The number of nitro groups is 1. The molecule has 0 radical (unpaired) electrons. The molecule has 2 saturated carbocycles. The molecular weight excluding hydrogens is 1150 g/mol. The first-order valence-electron chi connectivity index (χ1n) is 27.8. The molecule has 17 nitrogen and oxygen atoms in total. The summed E-state index contributed by atoms with van der Waals surface area (Å²) in [5, 5.41) is 30.8. The van der Waals surface area contributed by atoms with E-state index in [-0.39, 0.29) is 69.1 Å². The van der Waals surface area contributed by atoms with Gasteiger partial charge in [-0.15, -0.1) is 17.6 Å². The van der Waals surface area contributed by atoms with Gasteiger partial charge >= 0.3 is 24.2 Å². The van der Waals surface area contributed by atoms with Crippen LogP contribution in [0.25, 0.3) is 32.7 Å². The van der Waals surface area contributed by atoms with Crippen LogP contribution in [0.5, 0.6) is 23.0 Å². The van der Waals surface area contributed by atoms with Crippen molar-refractivity contribution in [1.29, 1.82) is 0 Å². The standard InChI is InChI=1S/C25H22F3NO3.C13H13FN2O2.C13H15FN2.C11H8F2O4.CH2O2.H3N/c1-23(2)7-8-29-18-13-17(26)14(9-15(18)10-21(23)29)11-22(30)24(5-6-24)16-3-4-19-20(12-16)32-25(27,28)31-19;1-13(2)3-4-15-10-7-9(14)11(16(17)18)5-8(10)6-12(13)15;1-13(2)3-4-16-11-7-9(14)10(15)5-8(11)6-12(13)16;12-11(13)16-7-2-1-6(5-8(7)17-11)10(3-4-10)9(14)15;2-1-3;/h3-4,9-10,12-13H,5-8,11H2,1-2H3;5-7H,3-4H2,1-2H3;5-7H,3-4,15H2,1-2H3;1-2,5H,3-4H2,(H,14,15);1H,(H,2,3);1H3. The molecule has 24 heteroatoms. The molecule has 8 heterocycles. The van der Waals surface area contributed by atoms with Gasteiger partial charge in [0.2, 0.25) is 5.82 Å². The number of nitro benzene ring substituents is 1. The van der Waals surface area contributed by atoms with Gasteiger partial charge in [0.05, 0.1) is 38.0 Å². The monoisotopic (exact) mass is 1210 g/mol. The zero-order chi connectivity index (χ0) is 62.0. The molecule has 2 fully saturated rings. The quantitative estimate of drug-likeness (QED) is 0.0443. The number of hydrogen-bond acceptors (Lipinski definition) is 11. The predicted octanol–water partition coefficient (Wildman–Crippen LogP) is 12.9. The minimum Gasteiger partial charge on any atom is -0.554 e. The van der Waals surface area contributed by atoms with E-state index in [2.05, 4.69) is 86.3 Å². The molecule has 0 unspecified atom stereocenters. The number of nitrogen functional groups attached to an aromatic ring is 1. The van der Waals surface area contributed by atoms with Crippen LogP contribution < -0.4 is 35.9 Å². The van der Waals surface area contributed by atoms with Gasteiger partial charge in [-0.1, -0.05) is 53.7 Å². The molecule has 5 aliphatic heterocycles. The van der Waals surface area contributed by atoms with Gasteiger partial charge < -0.3 is 59.5 Å². The number of nitrogens with two attached hydrogens (primary N) is 1. The highest BCUT2D eigenvalue weighted by atomic mass is 19.3. The normalized spacial score (nSPS) is 19.0. The number of ether oxygens (including phenoxy) is 4. The second-order valence-corrected chi connectivity index (χ2v) is 24.8. The smallest absolute Gasteiger partial charge is 0.554 e. The number of nitrogens with zero attached hydrogens (tertiary/aromatic N) is 4. The first-order chi connectivity index (χ1) is 40.3. The van der Waals surface area contributed by atoms with Gasteiger partial charge in [0.1, 0.15) is 17.4 Å². The number of carboxylic acids is 1. The van der Waals surface area contributed by atoms with E-state index in [1.165, 1.54) is 59.9 Å². The van der Waals surface area contributed by atoms with E-state index in [0.717, 1.165) is 77.3 Å². The summed E-state index contributed by atoms with van der Waals surface area (Å²) in [6, 6.07) is 24.0. The average Bonchev–Trinajstić information content (AvgIpc) is 1.68. The molecule has 0 amide bonds. The number of aliphatic carboxylic acids is 1. The highest BCUT2D eigenvalue weighted by Crippen LogP contribution is 2.54. The molecule has 87 heavy (non-hydrogen) atoms. The average molecular weight is 1210 g/mol. The minimum atomic E-state index is -3.70. The number of quaternary nitrogens is 1. The summed E-state index contributed by atoms with van der Waals surface area (Å²) >= 11 is 0. The summed E-state index contributed by atoms with van der Waals surface area (Å²) in [6.45, 7) is 15.3. The number of fused-ring (bicyclic) bond motifs is 11. The number of anilines is 1. The number of alkyl halides is 4. The van der Waals surface area contributed by atoms with E-state index in [9.17, 15) is 46.0 Å². The maximum absolute atomic E-state index is 15.0. The number of aromatic nitrogens is 3. The molecule has 7 aliphatic rings. The lowest BCUT2D eigenvalue weighted by atomic mass is 9.87. The summed E-state index contributed by atoms with van der Waals surface area (Å²) in [4.78, 5) is 42.7. The molecule has 3 aromatic heterocycles. The van der Waals surface area contributed by atoms with E-state index in [1.54, 1.807) is 24.3 Å². The van der Waals surface area contributed by atoms with Crippen molar-refractivity contribution in [3.05, 3.63) is 152 Å². The number of ketones is 1. The van der Waals surface area contributed by atoms with Crippen LogP contribution in [0.4, 0.5) is 42.1 Å². The third kappa shape index (κ3) is 11.0. The van der Waals surface area contributed by atoms with Crippen molar-refractivity contribution in [1.82, 2.24) is 19.9 Å². The van der Waals surface area contributed by atoms with Crippen LogP contribution in [-0.2, 0) is 67.5 Å². The topological polar surface area (TPSA) is 252 Å². The van der Waals surface area contributed by atoms with E-state index in [0.29, 0.717) is 42.4 Å². The largest absolute Gasteiger partial charge is 0.586 e. The van der Waals surface area contributed by atoms with E-state index >= 15 is 4.39 Å². The van der Waals surface area contributed by atoms with Gasteiger partial charge in [0.25, 0.3) is 0 Å². The second kappa shape index (κ2) is 21.3. The van der Waals surface area contributed by atoms with Crippen LogP contribution >= 0.6 is 0 Å². The van der Waals surface area contributed by atoms with Crippen LogP contribution in [0.1, 0.15) is 120 Å². The first-order valence-corrected chi connectivity index (χ1v) is 27.8. The van der Waals surface area contributed by atoms with Crippen LogP contribution in [0.3, 0.4) is 0 Å². The van der Waals surface area contributed by atoms with E-state index < -0.39 is 58.1 Å². The summed E-state index contributed by atoms with van der Waals surface area (Å²) in [7, 11) is 0. The Balaban J connectivity index is 0.000000132. The number of Topliss-reactive ketones (excluding diaryl/α,β-unsaturated/α-hetero) is 1. The highest BCUT2D eigenvalue weighted by Gasteiger charge is 2.54. The maximum atomic E-state index is 15.0. The number of aryl methyl sites for hydroxylation is 3. The number of carbonyl (C=O) groups excluding carboxylic acids is 2. The zero-order valence-corrected chi connectivity index (χ0v) is 48.6. The zero-order valence-electron chi connectivity index (χ0n) is 48.6. The summed E-state index contributed by atoms with van der Waals surface area (Å²) < 4.78 is 118. The lowest BCUT2D eigenvalue weighted by Crippen LogP contribution is -2.26. The van der Waals surface area contributed by atoms with E-state index in [1.807, 2.05) is 6.07 Å². The third-order valence-corrected chi connectivity index (χ3v) is 17.9. The van der Waals surface area contributed by atoms with Gasteiger partial charge in [0.15, 0.2) is 23.0 Å². The Bertz CT molecular complexity index is 4140. The summed E-state index contributed by atoms with van der Waals surface area (Å²) in [5.74, 6) is -2.85. The van der Waals surface area contributed by atoms with Crippen molar-refractivity contribution >= 4 is 62.3 Å². The summed E-state index contributed by atoms with van der Waals surface area (Å²) in [6.07, 6.45) is -2.05. The molecule has 0 atom stereocenters. The molecule has 460 valence electrons. The Labute approximate surface area is 493 Å². The molecule has 0 bridgehead atoms. The summed E-state index contributed by atoms with van der Waals surface area (Å²) in [5.41, 5.74) is 11.5. The van der Waals surface area contributed by atoms with Crippen LogP contribution in [0.15, 0.2) is 91.0 Å². The molecule has 0 saturated heterocycles. The Morgan fingerprint density at radius 3 is 1.37 bits per heavy atom. The van der Waals surface area contributed by atoms with Crippen LogP contribution in [0, 0.1) is 27.6 Å². The van der Waals surface area contributed by atoms with E-state index in [4.69, 9.17) is 20.7 Å². The van der Waals surface area contributed by atoms with Crippen molar-refractivity contribution in [3.63, 3.8) is 0 Å². The Morgan fingerprint density at radius 1 is 0.575 bits per heavy atom. The predicted molar refractivity (Wildman–Crippen MR) is 305 cm³/mol. The molecular formula is C63H63F7N6O11. The Kier molecular flexibility index (Phi) is 15.0. The first kappa shape index (κ1) is 61.3. The number of carboxylic acid groups (broad SMARTS) is 2.